The third-order valence-electron chi connectivity index (χ3n) is 3.03. The Morgan fingerprint density at radius 2 is 1.94 bits per heavy atom. The molecule has 1 aliphatic heterocycles. The van der Waals surface area contributed by atoms with Crippen LogP contribution in [-0.2, 0) is 12.8 Å². The molecule has 0 radical (unpaired) electrons. The van der Waals surface area contributed by atoms with Crippen LogP contribution in [0.3, 0.4) is 0 Å². The van der Waals surface area contributed by atoms with E-state index in [2.05, 4.69) is 16.7 Å². The number of amides is 1. The first-order chi connectivity index (χ1) is 8.16. The summed E-state index contributed by atoms with van der Waals surface area (Å²) in [5.41, 5.74) is 3.46. The highest BCUT2D eigenvalue weighted by atomic mass is 16.1. The Morgan fingerprint density at radius 1 is 1.24 bits per heavy atom. The predicted octanol–water partition coefficient (Wildman–Crippen LogP) is 1.51. The van der Waals surface area contributed by atoms with Crippen molar-refractivity contribution in [3.8, 4) is 0 Å². The van der Waals surface area contributed by atoms with Gasteiger partial charge in [0, 0.05) is 11.6 Å². The van der Waals surface area contributed by atoms with Gasteiger partial charge in [-0.05, 0) is 63.0 Å². The third-order valence-corrected chi connectivity index (χ3v) is 3.03. The molecule has 0 aromatic heterocycles. The summed E-state index contributed by atoms with van der Waals surface area (Å²) in [5, 5.41) is 6.30. The Morgan fingerprint density at radius 3 is 2.65 bits per heavy atom. The van der Waals surface area contributed by atoms with Crippen molar-refractivity contribution in [2.45, 2.75) is 32.7 Å². The van der Waals surface area contributed by atoms with E-state index in [4.69, 9.17) is 0 Å². The van der Waals surface area contributed by atoms with Crippen LogP contribution in [0.5, 0.6) is 0 Å². The van der Waals surface area contributed by atoms with Gasteiger partial charge < -0.3 is 10.6 Å². The molecule has 1 heterocycles. The summed E-state index contributed by atoms with van der Waals surface area (Å²) in [5.74, 6) is 0.0278. The largest absolute Gasteiger partial charge is 0.350 e. The fourth-order valence-corrected chi connectivity index (χ4v) is 2.16. The first-order valence-electron chi connectivity index (χ1n) is 6.30. The second-order valence-electron chi connectivity index (χ2n) is 4.86. The van der Waals surface area contributed by atoms with E-state index < -0.39 is 0 Å². The Bertz CT molecular complexity index is 413. The van der Waals surface area contributed by atoms with Gasteiger partial charge in [0.05, 0.1) is 0 Å². The van der Waals surface area contributed by atoms with Gasteiger partial charge >= 0.3 is 0 Å². The summed E-state index contributed by atoms with van der Waals surface area (Å²) in [6, 6.07) is 6.25. The monoisotopic (exact) mass is 232 g/mol. The van der Waals surface area contributed by atoms with Gasteiger partial charge in [-0.3, -0.25) is 4.79 Å². The van der Waals surface area contributed by atoms with Gasteiger partial charge in [0.25, 0.3) is 5.91 Å². The zero-order valence-corrected chi connectivity index (χ0v) is 10.5. The molecule has 3 heteroatoms. The Balaban J connectivity index is 2.20. The molecule has 0 fully saturated rings. The van der Waals surface area contributed by atoms with Crippen molar-refractivity contribution < 1.29 is 4.79 Å². The molecule has 1 amide bonds. The zero-order chi connectivity index (χ0) is 12.3. The van der Waals surface area contributed by atoms with Crippen molar-refractivity contribution in [3.63, 3.8) is 0 Å². The smallest absolute Gasteiger partial charge is 0.251 e. The highest BCUT2D eigenvalue weighted by Crippen LogP contribution is 2.15. The van der Waals surface area contributed by atoms with Gasteiger partial charge in [-0.2, -0.15) is 0 Å². The molecule has 92 valence electrons. The van der Waals surface area contributed by atoms with Crippen molar-refractivity contribution in [2.24, 2.45) is 0 Å². The number of rotatable bonds is 2. The maximum Gasteiger partial charge on any atom is 0.251 e. The second-order valence-corrected chi connectivity index (χ2v) is 4.86. The van der Waals surface area contributed by atoms with Crippen LogP contribution >= 0.6 is 0 Å². The standard InChI is InChI=1S/C14H20N2O/c1-10(2)16-14(17)13-4-3-11-5-7-15-8-6-12(11)9-13/h3-4,9-10,15H,5-8H2,1-2H3,(H,16,17). The summed E-state index contributed by atoms with van der Waals surface area (Å²) in [6.07, 6.45) is 2.07. The normalized spacial score (nSPS) is 15.2. The molecule has 3 nitrogen and oxygen atoms in total. The molecule has 2 rings (SSSR count). The molecule has 0 spiro atoms. The maximum atomic E-state index is 11.9. The molecule has 1 aromatic rings. The van der Waals surface area contributed by atoms with Gasteiger partial charge in [-0.25, -0.2) is 0 Å². The van der Waals surface area contributed by atoms with Crippen molar-refractivity contribution in [3.05, 3.63) is 34.9 Å². The lowest BCUT2D eigenvalue weighted by atomic mass is 10.00. The fraction of sp³-hybridized carbons (Fsp3) is 0.500. The molecule has 0 atom stereocenters. The van der Waals surface area contributed by atoms with Gasteiger partial charge in [0.1, 0.15) is 0 Å². The molecule has 0 unspecified atom stereocenters. The lowest BCUT2D eigenvalue weighted by molar-refractivity contribution is 0.0943. The minimum atomic E-state index is 0.0278. The molecule has 0 saturated heterocycles. The van der Waals surface area contributed by atoms with Crippen LogP contribution in [0.2, 0.25) is 0 Å². The molecular weight excluding hydrogens is 212 g/mol. The highest BCUT2D eigenvalue weighted by Gasteiger charge is 2.12. The molecule has 0 saturated carbocycles. The second kappa shape index (κ2) is 5.32. The number of hydrogen-bond donors (Lipinski definition) is 2. The van der Waals surface area contributed by atoms with E-state index in [1.807, 2.05) is 26.0 Å². The molecule has 1 aromatic carbocycles. The van der Waals surface area contributed by atoms with E-state index in [-0.39, 0.29) is 11.9 Å². The summed E-state index contributed by atoms with van der Waals surface area (Å²) in [6.45, 7) is 5.99. The number of hydrogen-bond acceptors (Lipinski definition) is 2. The predicted molar refractivity (Wildman–Crippen MR) is 69.3 cm³/mol. The average molecular weight is 232 g/mol. The molecule has 1 aliphatic rings. The van der Waals surface area contributed by atoms with E-state index in [0.717, 1.165) is 31.5 Å². The summed E-state index contributed by atoms with van der Waals surface area (Å²) in [7, 11) is 0. The molecular formula is C14H20N2O. The molecule has 0 aliphatic carbocycles. The zero-order valence-electron chi connectivity index (χ0n) is 10.5. The third kappa shape index (κ3) is 3.07. The Kier molecular flexibility index (Phi) is 3.79. The van der Waals surface area contributed by atoms with Gasteiger partial charge in [0.15, 0.2) is 0 Å². The Hall–Kier alpha value is -1.35. The lowest BCUT2D eigenvalue weighted by Gasteiger charge is -2.11. The molecule has 2 N–H and O–H groups in total. The van der Waals surface area contributed by atoms with Crippen molar-refractivity contribution >= 4 is 5.91 Å². The number of fused-ring (bicyclic) bond motifs is 1. The van der Waals surface area contributed by atoms with E-state index in [1.54, 1.807) is 0 Å². The van der Waals surface area contributed by atoms with Gasteiger partial charge in [-0.1, -0.05) is 6.07 Å². The summed E-state index contributed by atoms with van der Waals surface area (Å²) < 4.78 is 0. The van der Waals surface area contributed by atoms with Crippen molar-refractivity contribution in [2.75, 3.05) is 13.1 Å². The number of nitrogens with one attached hydrogen (secondary N) is 2. The summed E-state index contributed by atoms with van der Waals surface area (Å²) >= 11 is 0. The highest BCUT2D eigenvalue weighted by molar-refractivity contribution is 5.94. The van der Waals surface area contributed by atoms with E-state index in [9.17, 15) is 4.79 Å². The lowest BCUT2D eigenvalue weighted by Crippen LogP contribution is -2.30. The number of carbonyl (C=O) groups is 1. The first-order valence-corrected chi connectivity index (χ1v) is 6.30. The van der Waals surface area contributed by atoms with Crippen LogP contribution in [0.4, 0.5) is 0 Å². The van der Waals surface area contributed by atoms with Crippen LogP contribution in [0.1, 0.15) is 35.3 Å². The van der Waals surface area contributed by atoms with Crippen LogP contribution in [-0.4, -0.2) is 25.0 Å². The van der Waals surface area contributed by atoms with Gasteiger partial charge in [-0.15, -0.1) is 0 Å². The SMILES string of the molecule is CC(C)NC(=O)c1ccc2c(c1)CCNCC2. The van der Waals surface area contributed by atoms with Crippen molar-refractivity contribution in [1.82, 2.24) is 10.6 Å². The first kappa shape index (κ1) is 12.1. The maximum absolute atomic E-state index is 11.9. The topological polar surface area (TPSA) is 41.1 Å². The van der Waals surface area contributed by atoms with Crippen molar-refractivity contribution in [1.29, 1.82) is 0 Å². The minimum absolute atomic E-state index is 0.0278. The number of carbonyl (C=O) groups excluding carboxylic acids is 1. The van der Waals surface area contributed by atoms with Gasteiger partial charge in [0.2, 0.25) is 0 Å². The number of benzene rings is 1. The Labute approximate surface area is 103 Å². The van der Waals surface area contributed by atoms with Crippen LogP contribution in [0.25, 0.3) is 0 Å². The quantitative estimate of drug-likeness (QED) is 0.811. The van der Waals surface area contributed by atoms with E-state index >= 15 is 0 Å². The minimum Gasteiger partial charge on any atom is -0.350 e. The molecule has 0 bridgehead atoms. The fourth-order valence-electron chi connectivity index (χ4n) is 2.16. The van der Waals surface area contributed by atoms with E-state index in [1.165, 1.54) is 11.1 Å². The van der Waals surface area contributed by atoms with E-state index in [0.29, 0.717) is 0 Å². The van der Waals surface area contributed by atoms with Crippen LogP contribution < -0.4 is 10.6 Å². The average Bonchev–Trinajstić information content (AvgIpc) is 2.51. The molecule has 17 heavy (non-hydrogen) atoms. The summed E-state index contributed by atoms with van der Waals surface area (Å²) in [4.78, 5) is 11.9. The van der Waals surface area contributed by atoms with Crippen LogP contribution in [0.15, 0.2) is 18.2 Å². The van der Waals surface area contributed by atoms with Crippen LogP contribution in [0, 0.1) is 0 Å².